The summed E-state index contributed by atoms with van der Waals surface area (Å²) in [6.45, 7) is 5.18. The molecule has 4 rings (SSSR count). The molecule has 3 N–H and O–H groups in total. The number of amides is 2. The lowest BCUT2D eigenvalue weighted by Gasteiger charge is -2.29. The van der Waals surface area contributed by atoms with Gasteiger partial charge in [-0.15, -0.1) is 11.3 Å². The van der Waals surface area contributed by atoms with Gasteiger partial charge in [-0.2, -0.15) is 4.98 Å². The van der Waals surface area contributed by atoms with E-state index in [9.17, 15) is 14.0 Å². The lowest BCUT2D eigenvalue weighted by atomic mass is 9.94. The van der Waals surface area contributed by atoms with E-state index in [4.69, 9.17) is 5.11 Å². The molecule has 0 bridgehead atoms. The Morgan fingerprint density at radius 1 is 1.26 bits per heavy atom. The van der Waals surface area contributed by atoms with Crippen molar-refractivity contribution < 1.29 is 19.1 Å². The number of anilines is 1. The summed E-state index contributed by atoms with van der Waals surface area (Å²) in [5, 5.41) is 15.9. The first kappa shape index (κ1) is 23.7. The van der Waals surface area contributed by atoms with Crippen molar-refractivity contribution in [3.8, 4) is 0 Å². The molecule has 0 spiro atoms. The maximum absolute atomic E-state index is 13.5. The fourth-order valence-corrected chi connectivity index (χ4v) is 4.82. The average Bonchev–Trinajstić information content (AvgIpc) is 3.18. The molecule has 12 heteroatoms. The van der Waals surface area contributed by atoms with E-state index in [-0.39, 0.29) is 23.6 Å². The van der Waals surface area contributed by atoms with Crippen LogP contribution < -0.4 is 10.6 Å². The summed E-state index contributed by atoms with van der Waals surface area (Å²) in [6.07, 6.45) is 4.15. The van der Waals surface area contributed by atoms with Crippen LogP contribution in [0, 0.1) is 18.7 Å². The molecule has 0 radical (unpaired) electrons. The number of nitrogens with zero attached hydrogens (tertiary/aromatic N) is 5. The fraction of sp³-hybridized carbons (Fsp3) is 0.455. The first-order valence-corrected chi connectivity index (χ1v) is 11.9. The van der Waals surface area contributed by atoms with Crippen LogP contribution in [0.3, 0.4) is 0 Å². The molecule has 180 valence electrons. The maximum Gasteiger partial charge on any atom is 0.407 e. The van der Waals surface area contributed by atoms with Gasteiger partial charge in [-0.25, -0.2) is 19.2 Å². The van der Waals surface area contributed by atoms with E-state index < -0.39 is 11.9 Å². The highest BCUT2D eigenvalue weighted by Gasteiger charge is 2.23. The number of halogens is 1. The summed E-state index contributed by atoms with van der Waals surface area (Å²) in [5.74, 6) is -0.167. The predicted molar refractivity (Wildman–Crippen MR) is 125 cm³/mol. The molecule has 1 aliphatic rings. The normalized spacial score (nSPS) is 15.3. The van der Waals surface area contributed by atoms with E-state index in [0.29, 0.717) is 41.5 Å². The van der Waals surface area contributed by atoms with Crippen LogP contribution in [0.15, 0.2) is 18.5 Å². The molecule has 1 aliphatic heterocycles. The zero-order valence-electron chi connectivity index (χ0n) is 18.9. The van der Waals surface area contributed by atoms with E-state index in [1.54, 1.807) is 6.20 Å². The smallest absolute Gasteiger partial charge is 0.407 e. The Labute approximate surface area is 199 Å². The van der Waals surface area contributed by atoms with Crippen molar-refractivity contribution in [3.05, 3.63) is 40.5 Å². The van der Waals surface area contributed by atoms with Crippen LogP contribution in [-0.2, 0) is 0 Å². The van der Waals surface area contributed by atoms with E-state index in [2.05, 4.69) is 30.6 Å². The fourth-order valence-electron chi connectivity index (χ4n) is 3.98. The van der Waals surface area contributed by atoms with Crippen molar-refractivity contribution in [1.82, 2.24) is 30.2 Å². The number of aromatic nitrogens is 4. The Kier molecular flexibility index (Phi) is 7.15. The minimum Gasteiger partial charge on any atom is -0.465 e. The number of fused-ring (bicyclic) bond motifs is 1. The quantitative estimate of drug-likeness (QED) is 0.460. The van der Waals surface area contributed by atoms with Crippen molar-refractivity contribution >= 4 is 39.6 Å². The predicted octanol–water partition coefficient (Wildman–Crippen LogP) is 3.61. The van der Waals surface area contributed by atoms with Crippen molar-refractivity contribution in [2.24, 2.45) is 5.92 Å². The summed E-state index contributed by atoms with van der Waals surface area (Å²) in [7, 11) is 0. The van der Waals surface area contributed by atoms with Crippen LogP contribution in [0.25, 0.3) is 10.3 Å². The molecule has 3 aromatic rings. The van der Waals surface area contributed by atoms with E-state index in [1.807, 2.05) is 13.8 Å². The van der Waals surface area contributed by atoms with Gasteiger partial charge in [0.05, 0.1) is 17.2 Å². The molecule has 0 saturated carbocycles. The Morgan fingerprint density at radius 3 is 2.74 bits per heavy atom. The molecule has 10 nitrogen and oxygen atoms in total. The number of nitrogens with one attached hydrogen (secondary N) is 2. The lowest BCUT2D eigenvalue weighted by Crippen LogP contribution is -2.38. The van der Waals surface area contributed by atoms with Gasteiger partial charge in [0.15, 0.2) is 11.3 Å². The van der Waals surface area contributed by atoms with Gasteiger partial charge < -0.3 is 20.6 Å². The summed E-state index contributed by atoms with van der Waals surface area (Å²) < 4.78 is 14.1. The summed E-state index contributed by atoms with van der Waals surface area (Å²) in [5.41, 5.74) is 1.29. The Bertz CT molecular complexity index is 1200. The number of hydrogen-bond acceptors (Lipinski definition) is 8. The highest BCUT2D eigenvalue weighted by molar-refractivity contribution is 7.18. The third-order valence-corrected chi connectivity index (χ3v) is 6.84. The molecule has 1 atom stereocenters. The zero-order chi connectivity index (χ0) is 24.2. The highest BCUT2D eigenvalue weighted by Crippen LogP contribution is 2.26. The second-order valence-corrected chi connectivity index (χ2v) is 9.54. The van der Waals surface area contributed by atoms with Crippen LogP contribution in [0.1, 0.15) is 53.3 Å². The Morgan fingerprint density at radius 2 is 2.03 bits per heavy atom. The van der Waals surface area contributed by atoms with Gasteiger partial charge >= 0.3 is 6.09 Å². The van der Waals surface area contributed by atoms with Crippen LogP contribution >= 0.6 is 11.3 Å². The molecular weight excluding hydrogens is 461 g/mol. The molecule has 0 aliphatic carbocycles. The standard InChI is InChI=1S/C22H26FN7O3S/c1-12(15-9-16(23)11-24-10-15)26-21-28-17(18-19(29-21)27-13(2)34-18)20(31)25-6-3-14-4-7-30(8-5-14)22(32)33/h9-12,14H,3-8H2,1-2H3,(H,25,31)(H,32,33)(H,26,28,29)/t12-/m0/s1. The van der Waals surface area contributed by atoms with Crippen molar-refractivity contribution in [3.63, 3.8) is 0 Å². The molecule has 1 fully saturated rings. The molecular formula is C22H26FN7O3S. The second-order valence-electron chi connectivity index (χ2n) is 8.34. The summed E-state index contributed by atoms with van der Waals surface area (Å²) >= 11 is 1.35. The monoisotopic (exact) mass is 487 g/mol. The number of piperidine rings is 1. The average molecular weight is 488 g/mol. The highest BCUT2D eigenvalue weighted by atomic mass is 32.1. The van der Waals surface area contributed by atoms with E-state index in [0.717, 1.165) is 30.5 Å². The molecule has 4 heterocycles. The first-order chi connectivity index (χ1) is 16.3. The molecule has 1 saturated heterocycles. The van der Waals surface area contributed by atoms with Crippen molar-refractivity contribution in [1.29, 1.82) is 0 Å². The van der Waals surface area contributed by atoms with Crippen LogP contribution in [0.5, 0.6) is 0 Å². The van der Waals surface area contributed by atoms with Crippen molar-refractivity contribution in [2.75, 3.05) is 25.0 Å². The number of rotatable bonds is 7. The number of thiazole rings is 1. The number of carbonyl (C=O) groups excluding carboxylic acids is 1. The summed E-state index contributed by atoms with van der Waals surface area (Å²) in [4.78, 5) is 42.6. The van der Waals surface area contributed by atoms with Gasteiger partial charge in [0.2, 0.25) is 5.95 Å². The number of carbonyl (C=O) groups is 2. The molecule has 2 amide bonds. The molecule has 0 aromatic carbocycles. The number of likely N-dealkylation sites (tertiary alicyclic amines) is 1. The first-order valence-electron chi connectivity index (χ1n) is 11.1. The third kappa shape index (κ3) is 5.56. The van der Waals surface area contributed by atoms with Crippen molar-refractivity contribution in [2.45, 2.75) is 39.2 Å². The largest absolute Gasteiger partial charge is 0.465 e. The molecule has 0 unspecified atom stereocenters. The SMILES string of the molecule is Cc1nc2nc(N[C@@H](C)c3cncc(F)c3)nc(C(=O)NCCC3CCN(C(=O)O)CC3)c2s1. The van der Waals surface area contributed by atoms with Gasteiger partial charge in [-0.05, 0) is 50.7 Å². The molecule has 3 aromatic heterocycles. The number of carboxylic acid groups (broad SMARTS) is 1. The van der Waals surface area contributed by atoms with Gasteiger partial charge in [0.1, 0.15) is 10.5 Å². The van der Waals surface area contributed by atoms with Gasteiger partial charge in [-0.3, -0.25) is 9.78 Å². The van der Waals surface area contributed by atoms with Gasteiger partial charge in [0.25, 0.3) is 5.91 Å². The number of pyridine rings is 1. The topological polar surface area (TPSA) is 133 Å². The minimum atomic E-state index is -0.883. The van der Waals surface area contributed by atoms with Gasteiger partial charge in [-0.1, -0.05) is 0 Å². The number of aryl methyl sites for hydroxylation is 1. The van der Waals surface area contributed by atoms with E-state index >= 15 is 0 Å². The van der Waals surface area contributed by atoms with Gasteiger partial charge in [0, 0.05) is 25.8 Å². The van der Waals surface area contributed by atoms with E-state index in [1.165, 1.54) is 22.3 Å². The third-order valence-electron chi connectivity index (χ3n) is 5.87. The van der Waals surface area contributed by atoms with Crippen LogP contribution in [0.2, 0.25) is 0 Å². The Balaban J connectivity index is 1.43. The molecule has 34 heavy (non-hydrogen) atoms. The van der Waals surface area contributed by atoms with Crippen LogP contribution in [0.4, 0.5) is 15.1 Å². The Hall–Kier alpha value is -3.41. The minimum absolute atomic E-state index is 0.223. The summed E-state index contributed by atoms with van der Waals surface area (Å²) in [6, 6.07) is 1.04. The van der Waals surface area contributed by atoms with Crippen LogP contribution in [-0.4, -0.2) is 61.6 Å². The lowest BCUT2D eigenvalue weighted by molar-refractivity contribution is 0.0945. The maximum atomic E-state index is 13.5. The zero-order valence-corrected chi connectivity index (χ0v) is 19.7. The second kappa shape index (κ2) is 10.2. The number of hydrogen-bond donors (Lipinski definition) is 3.